The van der Waals surface area contributed by atoms with E-state index in [1.807, 2.05) is 0 Å². The van der Waals surface area contributed by atoms with Gasteiger partial charge in [-0.3, -0.25) is 4.79 Å². The maximum absolute atomic E-state index is 11.7. The molecule has 0 aromatic heterocycles. The highest BCUT2D eigenvalue weighted by atomic mass is 79.9. The van der Waals surface area contributed by atoms with E-state index in [4.69, 9.17) is 27.9 Å². The number of hydrogen-bond donors (Lipinski definition) is 1. The van der Waals surface area contributed by atoms with E-state index in [1.165, 1.54) is 0 Å². The number of ether oxygens (including phenoxy) is 1. The molecule has 0 radical (unpaired) electrons. The predicted octanol–water partition coefficient (Wildman–Crippen LogP) is 4.77. The third kappa shape index (κ3) is 4.40. The molecule has 1 N–H and O–H groups in total. The number of rotatable bonds is 4. The lowest BCUT2D eigenvalue weighted by atomic mass is 10.3. The van der Waals surface area contributed by atoms with Crippen LogP contribution in [0.25, 0.3) is 0 Å². The molecule has 0 aliphatic heterocycles. The molecule has 6 heteroatoms. The van der Waals surface area contributed by atoms with Crippen molar-refractivity contribution in [2.24, 2.45) is 0 Å². The summed E-state index contributed by atoms with van der Waals surface area (Å²) in [5, 5.41) is 3.68. The Morgan fingerprint density at radius 2 is 2.00 bits per heavy atom. The van der Waals surface area contributed by atoms with E-state index < -0.39 is 0 Å². The van der Waals surface area contributed by atoms with Crippen molar-refractivity contribution in [3.8, 4) is 5.75 Å². The van der Waals surface area contributed by atoms with E-state index >= 15 is 0 Å². The minimum absolute atomic E-state index is 0.131. The monoisotopic (exact) mass is 373 g/mol. The van der Waals surface area contributed by atoms with E-state index in [0.29, 0.717) is 21.5 Å². The third-order valence-electron chi connectivity index (χ3n) is 2.36. The highest BCUT2D eigenvalue weighted by Gasteiger charge is 2.07. The molecule has 0 aliphatic rings. The van der Waals surface area contributed by atoms with Gasteiger partial charge in [-0.1, -0.05) is 45.2 Å². The molecule has 0 saturated heterocycles. The summed E-state index contributed by atoms with van der Waals surface area (Å²) in [4.78, 5) is 11.7. The molecular formula is C14H10BrCl2NO2. The average molecular weight is 375 g/mol. The van der Waals surface area contributed by atoms with E-state index in [2.05, 4.69) is 21.2 Å². The summed E-state index contributed by atoms with van der Waals surface area (Å²) in [7, 11) is 0. The van der Waals surface area contributed by atoms with Crippen LogP contribution in [0.3, 0.4) is 0 Å². The topological polar surface area (TPSA) is 38.3 Å². The molecule has 0 atom stereocenters. The summed E-state index contributed by atoms with van der Waals surface area (Å²) in [6.07, 6.45) is 0. The van der Waals surface area contributed by atoms with Crippen LogP contribution in [0.4, 0.5) is 5.69 Å². The van der Waals surface area contributed by atoms with Crippen LogP contribution in [0.5, 0.6) is 5.75 Å². The summed E-state index contributed by atoms with van der Waals surface area (Å²) in [5.74, 6) is 0.169. The van der Waals surface area contributed by atoms with Gasteiger partial charge in [0.15, 0.2) is 6.61 Å². The van der Waals surface area contributed by atoms with E-state index in [0.717, 1.165) is 4.47 Å². The summed E-state index contributed by atoms with van der Waals surface area (Å²) in [5.41, 5.74) is 0.619. The molecule has 0 unspecified atom stereocenters. The van der Waals surface area contributed by atoms with Crippen LogP contribution in [0.1, 0.15) is 0 Å². The molecule has 2 aromatic carbocycles. The smallest absolute Gasteiger partial charge is 0.262 e. The van der Waals surface area contributed by atoms with Gasteiger partial charge in [0.25, 0.3) is 5.91 Å². The average Bonchev–Trinajstić information content (AvgIpc) is 2.37. The summed E-state index contributed by atoms with van der Waals surface area (Å²) in [6.45, 7) is -0.131. The first-order valence-corrected chi connectivity index (χ1v) is 7.23. The van der Waals surface area contributed by atoms with Crippen LogP contribution < -0.4 is 10.1 Å². The van der Waals surface area contributed by atoms with Gasteiger partial charge < -0.3 is 10.1 Å². The maximum Gasteiger partial charge on any atom is 0.262 e. The number of benzene rings is 2. The fraction of sp³-hybridized carbons (Fsp3) is 0.0714. The number of anilines is 1. The quantitative estimate of drug-likeness (QED) is 0.836. The minimum atomic E-state index is -0.286. The molecule has 2 rings (SSSR count). The lowest BCUT2D eigenvalue weighted by molar-refractivity contribution is -0.118. The molecular weight excluding hydrogens is 365 g/mol. The predicted molar refractivity (Wildman–Crippen MR) is 84.7 cm³/mol. The zero-order chi connectivity index (χ0) is 14.5. The van der Waals surface area contributed by atoms with Crippen molar-refractivity contribution in [2.45, 2.75) is 0 Å². The molecule has 2 aromatic rings. The third-order valence-corrected chi connectivity index (χ3v) is 3.38. The Labute approximate surface area is 135 Å². The maximum atomic E-state index is 11.7. The van der Waals surface area contributed by atoms with E-state index in [9.17, 15) is 4.79 Å². The van der Waals surface area contributed by atoms with Crippen molar-refractivity contribution in [1.29, 1.82) is 0 Å². The lowest BCUT2D eigenvalue weighted by Gasteiger charge is -2.09. The number of nitrogens with one attached hydrogen (secondary N) is 1. The summed E-state index contributed by atoms with van der Waals surface area (Å²) in [6, 6.07) is 12.1. The van der Waals surface area contributed by atoms with Gasteiger partial charge in [-0.25, -0.2) is 0 Å². The van der Waals surface area contributed by atoms with Gasteiger partial charge in [0, 0.05) is 15.2 Å². The van der Waals surface area contributed by atoms with Crippen LogP contribution in [0, 0.1) is 0 Å². The normalized spacial score (nSPS) is 10.2. The molecule has 104 valence electrons. The number of amides is 1. The number of carbonyl (C=O) groups is 1. The van der Waals surface area contributed by atoms with Gasteiger partial charge >= 0.3 is 0 Å². The highest BCUT2D eigenvalue weighted by Crippen LogP contribution is 2.27. The molecule has 0 heterocycles. The van der Waals surface area contributed by atoms with Crippen LogP contribution in [0.15, 0.2) is 46.9 Å². The van der Waals surface area contributed by atoms with Crippen LogP contribution in [-0.4, -0.2) is 12.5 Å². The molecule has 0 fully saturated rings. The van der Waals surface area contributed by atoms with Gasteiger partial charge in [-0.2, -0.15) is 0 Å². The molecule has 20 heavy (non-hydrogen) atoms. The largest absolute Gasteiger partial charge is 0.482 e. The second kappa shape index (κ2) is 6.97. The molecule has 3 nitrogen and oxygen atoms in total. The first kappa shape index (κ1) is 15.2. The zero-order valence-corrected chi connectivity index (χ0v) is 13.3. The zero-order valence-electron chi connectivity index (χ0n) is 10.2. The van der Waals surface area contributed by atoms with Crippen molar-refractivity contribution in [1.82, 2.24) is 0 Å². The first-order valence-electron chi connectivity index (χ1n) is 5.68. The second-order valence-corrected chi connectivity index (χ2v) is 5.68. The Morgan fingerprint density at radius 1 is 1.20 bits per heavy atom. The fourth-order valence-corrected chi connectivity index (χ4v) is 2.42. The standard InChI is InChI=1S/C14H10BrCl2NO2/c15-9-4-5-13(12(17)6-9)20-8-14(19)18-11-3-1-2-10(16)7-11/h1-7H,8H2,(H,18,19). The van der Waals surface area contributed by atoms with E-state index in [1.54, 1.807) is 42.5 Å². The van der Waals surface area contributed by atoms with Crippen molar-refractivity contribution in [2.75, 3.05) is 11.9 Å². The Bertz CT molecular complexity index is 634. The first-order chi connectivity index (χ1) is 9.54. The van der Waals surface area contributed by atoms with Crippen molar-refractivity contribution >= 4 is 50.7 Å². The number of carbonyl (C=O) groups excluding carboxylic acids is 1. The summed E-state index contributed by atoms with van der Waals surface area (Å²) < 4.78 is 6.20. The molecule has 0 aliphatic carbocycles. The van der Waals surface area contributed by atoms with E-state index in [-0.39, 0.29) is 12.5 Å². The fourth-order valence-electron chi connectivity index (χ4n) is 1.50. The van der Waals surface area contributed by atoms with Crippen LogP contribution >= 0.6 is 39.1 Å². The lowest BCUT2D eigenvalue weighted by Crippen LogP contribution is -2.20. The molecule has 0 bridgehead atoms. The van der Waals surface area contributed by atoms with Crippen LogP contribution in [-0.2, 0) is 4.79 Å². The van der Waals surface area contributed by atoms with Crippen molar-refractivity contribution in [3.05, 3.63) is 57.0 Å². The molecule has 0 saturated carbocycles. The van der Waals surface area contributed by atoms with Gasteiger partial charge in [-0.15, -0.1) is 0 Å². The van der Waals surface area contributed by atoms with Gasteiger partial charge in [0.2, 0.25) is 0 Å². The van der Waals surface area contributed by atoms with Gasteiger partial charge in [-0.05, 0) is 36.4 Å². The summed E-state index contributed by atoms with van der Waals surface area (Å²) >= 11 is 15.1. The SMILES string of the molecule is O=C(COc1ccc(Br)cc1Cl)Nc1cccc(Cl)c1. The van der Waals surface area contributed by atoms with Gasteiger partial charge in [0.1, 0.15) is 5.75 Å². The minimum Gasteiger partial charge on any atom is -0.482 e. The number of halogens is 3. The Kier molecular flexibility index (Phi) is 5.29. The Morgan fingerprint density at radius 3 is 2.70 bits per heavy atom. The van der Waals surface area contributed by atoms with Gasteiger partial charge in [0.05, 0.1) is 5.02 Å². The van der Waals surface area contributed by atoms with Crippen molar-refractivity contribution in [3.63, 3.8) is 0 Å². The van der Waals surface area contributed by atoms with Crippen LogP contribution in [0.2, 0.25) is 10.0 Å². The Hall–Kier alpha value is -1.23. The Balaban J connectivity index is 1.92. The van der Waals surface area contributed by atoms with Crippen molar-refractivity contribution < 1.29 is 9.53 Å². The molecule has 1 amide bonds. The second-order valence-electron chi connectivity index (χ2n) is 3.92. The number of hydrogen-bond acceptors (Lipinski definition) is 2. The highest BCUT2D eigenvalue weighted by molar-refractivity contribution is 9.10. The molecule has 0 spiro atoms.